The number of para-hydroxylation sites is 1. The Labute approximate surface area is 401 Å². The van der Waals surface area contributed by atoms with Crippen molar-refractivity contribution < 1.29 is 23.9 Å². The van der Waals surface area contributed by atoms with Crippen molar-refractivity contribution in [2.45, 2.75) is 69.5 Å². The van der Waals surface area contributed by atoms with Gasteiger partial charge in [-0.1, -0.05) is 24.8 Å². The Balaban J connectivity index is 0.619. The number of nitrogen functional groups attached to an aromatic ring is 1. The molecule has 3 aromatic carbocycles. The van der Waals surface area contributed by atoms with Crippen LogP contribution in [0.15, 0.2) is 91.4 Å². The molecule has 6 aliphatic heterocycles. The number of amides is 5. The fourth-order valence-corrected chi connectivity index (χ4v) is 11.5. The smallest absolute Gasteiger partial charge is 0.320 e. The van der Waals surface area contributed by atoms with Gasteiger partial charge in [0, 0.05) is 95.0 Å². The molecule has 6 aliphatic rings. The zero-order valence-corrected chi connectivity index (χ0v) is 39.0. The van der Waals surface area contributed by atoms with Gasteiger partial charge in [-0.05, 0) is 112 Å². The Morgan fingerprint density at radius 3 is 2.13 bits per heavy atom. The molecule has 0 bridgehead atoms. The molecule has 0 saturated carbocycles. The predicted molar refractivity (Wildman–Crippen MR) is 262 cm³/mol. The van der Waals surface area contributed by atoms with E-state index in [9.17, 15) is 19.2 Å². The molecule has 5 fully saturated rings. The summed E-state index contributed by atoms with van der Waals surface area (Å²) in [6.07, 6.45) is 8.36. The van der Waals surface area contributed by atoms with Gasteiger partial charge in [-0.3, -0.25) is 24.2 Å². The van der Waals surface area contributed by atoms with Crippen LogP contribution in [0.25, 0.3) is 22.3 Å². The minimum absolute atomic E-state index is 0.173. The molecule has 3 N–H and O–H groups in total. The van der Waals surface area contributed by atoms with Crippen molar-refractivity contribution in [1.82, 2.24) is 49.6 Å². The van der Waals surface area contributed by atoms with Gasteiger partial charge in [0.05, 0.1) is 22.6 Å². The molecule has 69 heavy (non-hydrogen) atoms. The number of piperazine rings is 1. The van der Waals surface area contributed by atoms with Crippen molar-refractivity contribution in [3.05, 3.63) is 103 Å². The number of hydrogen-bond acceptors (Lipinski definition) is 12. The average Bonchev–Trinajstić information content (AvgIpc) is 3.89. The largest absolute Gasteiger partial charge is 0.457 e. The Hall–Kier alpha value is -6.85. The number of anilines is 2. The van der Waals surface area contributed by atoms with Crippen LogP contribution in [0.3, 0.4) is 0 Å². The lowest BCUT2D eigenvalue weighted by Crippen LogP contribution is -2.56. The number of aromatic nitrogens is 4. The first kappa shape index (κ1) is 44.6. The molecule has 17 heteroatoms. The maximum atomic E-state index is 13.8. The van der Waals surface area contributed by atoms with Gasteiger partial charge in [-0.15, -0.1) is 0 Å². The van der Waals surface area contributed by atoms with Gasteiger partial charge in [-0.25, -0.2) is 19.4 Å². The molecule has 11 rings (SSSR count). The van der Waals surface area contributed by atoms with Crippen LogP contribution in [0.5, 0.6) is 11.5 Å². The third kappa shape index (κ3) is 8.89. The van der Waals surface area contributed by atoms with Crippen LogP contribution < -0.4 is 20.7 Å². The van der Waals surface area contributed by atoms with E-state index in [0.717, 1.165) is 155 Å². The fraction of sp³-hybridized carbons (Fsp3) is 0.442. The van der Waals surface area contributed by atoms with Crippen molar-refractivity contribution in [3.63, 3.8) is 0 Å². The number of likely N-dealkylation sites (tertiary alicyclic amines) is 2. The second-order valence-electron chi connectivity index (χ2n) is 19.5. The molecule has 0 spiro atoms. The number of rotatable bonds is 9. The minimum atomic E-state index is -0.815. The molecular weight excluding hydrogens is 873 g/mol. The summed E-state index contributed by atoms with van der Waals surface area (Å²) in [5, 5.41) is 8.61. The van der Waals surface area contributed by atoms with Crippen molar-refractivity contribution in [2.24, 2.45) is 5.92 Å². The van der Waals surface area contributed by atoms with Gasteiger partial charge in [0.2, 0.25) is 5.91 Å². The third-order valence-electron chi connectivity index (χ3n) is 15.4. The van der Waals surface area contributed by atoms with Gasteiger partial charge < -0.3 is 35.4 Å². The number of allylic oxidation sites excluding steroid dienone is 1. The fourth-order valence-electron chi connectivity index (χ4n) is 11.5. The van der Waals surface area contributed by atoms with E-state index >= 15 is 0 Å². The summed E-state index contributed by atoms with van der Waals surface area (Å²) in [6, 6.07) is 23.1. The van der Waals surface area contributed by atoms with Crippen LogP contribution in [0.2, 0.25) is 0 Å². The first-order valence-electron chi connectivity index (χ1n) is 24.7. The van der Waals surface area contributed by atoms with E-state index in [1.54, 1.807) is 6.07 Å². The number of piperidine rings is 4. The van der Waals surface area contributed by atoms with E-state index in [0.29, 0.717) is 47.4 Å². The quantitative estimate of drug-likeness (QED) is 0.165. The van der Waals surface area contributed by atoms with Crippen LogP contribution in [0.4, 0.5) is 16.3 Å². The topological polar surface area (TPSA) is 179 Å². The normalized spacial score (nSPS) is 21.6. The van der Waals surface area contributed by atoms with Crippen molar-refractivity contribution >= 4 is 46.3 Å². The van der Waals surface area contributed by atoms with Gasteiger partial charge in [0.25, 0.3) is 11.8 Å². The molecule has 5 aromatic rings. The third-order valence-corrected chi connectivity index (χ3v) is 15.4. The van der Waals surface area contributed by atoms with Crippen molar-refractivity contribution in [2.75, 3.05) is 82.6 Å². The molecule has 0 radical (unpaired) electrons. The molecule has 5 saturated heterocycles. The monoisotopic (exact) mass is 932 g/mol. The highest BCUT2D eigenvalue weighted by Gasteiger charge is 2.44. The van der Waals surface area contributed by atoms with Crippen LogP contribution >= 0.6 is 0 Å². The van der Waals surface area contributed by atoms with Crippen LogP contribution in [0.1, 0.15) is 78.1 Å². The summed E-state index contributed by atoms with van der Waals surface area (Å²) in [6.45, 7) is 13.3. The Morgan fingerprint density at radius 2 is 1.41 bits per heavy atom. The van der Waals surface area contributed by atoms with E-state index < -0.39 is 17.9 Å². The molecule has 5 amide bonds. The summed E-state index contributed by atoms with van der Waals surface area (Å²) in [5.74, 6) is 1.33. The zero-order valence-electron chi connectivity index (χ0n) is 39.0. The summed E-state index contributed by atoms with van der Waals surface area (Å²) >= 11 is 0. The first-order valence-corrected chi connectivity index (χ1v) is 24.7. The van der Waals surface area contributed by atoms with Gasteiger partial charge in [0.1, 0.15) is 35.4 Å². The summed E-state index contributed by atoms with van der Waals surface area (Å²) in [4.78, 5) is 74.8. The number of imide groups is 1. The second-order valence-corrected chi connectivity index (χ2v) is 19.5. The molecule has 8 heterocycles. The van der Waals surface area contributed by atoms with E-state index in [1.807, 2.05) is 66.7 Å². The highest BCUT2D eigenvalue weighted by atomic mass is 16.5. The second kappa shape index (κ2) is 18.9. The van der Waals surface area contributed by atoms with Gasteiger partial charge in [-0.2, -0.15) is 5.10 Å². The van der Waals surface area contributed by atoms with Gasteiger partial charge in [0.15, 0.2) is 5.65 Å². The maximum Gasteiger partial charge on any atom is 0.320 e. The summed E-state index contributed by atoms with van der Waals surface area (Å²) < 4.78 is 8.09. The van der Waals surface area contributed by atoms with E-state index in [2.05, 4.69) is 51.0 Å². The highest BCUT2D eigenvalue weighted by Crippen LogP contribution is 2.37. The number of nitrogens with one attached hydrogen (secondary N) is 1. The molecule has 1 unspecified atom stereocenters. The molecule has 0 aliphatic carbocycles. The first-order chi connectivity index (χ1) is 33.6. The summed E-state index contributed by atoms with van der Waals surface area (Å²) in [7, 11) is 0. The average molecular weight is 933 g/mol. The van der Waals surface area contributed by atoms with E-state index in [1.165, 1.54) is 6.33 Å². The van der Waals surface area contributed by atoms with E-state index in [-0.39, 0.29) is 18.0 Å². The number of hydrogen-bond donors (Lipinski definition) is 2. The molecule has 2 aromatic heterocycles. The lowest BCUT2D eigenvalue weighted by atomic mass is 9.95. The number of benzene rings is 3. The lowest BCUT2D eigenvalue weighted by molar-refractivity contribution is -0.125. The number of carbonyl (C=O) groups is 4. The molecule has 358 valence electrons. The van der Waals surface area contributed by atoms with E-state index in [4.69, 9.17) is 15.6 Å². The number of urea groups is 1. The minimum Gasteiger partial charge on any atom is -0.457 e. The Morgan fingerprint density at radius 1 is 0.725 bits per heavy atom. The Bertz CT molecular complexity index is 2750. The molecular formula is C52H60N12O5. The SMILES string of the molecule is C=C1CCC(N2C(=O)c3ccc(N4CCC(CN5CCN(C(=O)N6CCC(N7CCC(n8nc(-c9ccc(Oc%10ccccc%10)cc9)c9c(N)ncnc98)CC7)CC6)CC5)CC4)cc3C2=O)C(=O)N1. The lowest BCUT2D eigenvalue weighted by Gasteiger charge is -2.44. The standard InChI is InChI=1S/C52H60N12O5/c1-34-7-14-44(49(65)56-34)63-50(66)42-13-10-39(31-43(42)51(63)67)60-21-15-35(16-22-60)32-58-27-29-62(30-28-58)52(68)61-25-17-37(18-26-61)59-23-19-38(20-24-59)64-48-45(47(53)54-33-55-48)46(57-64)36-8-11-41(12-9-36)69-40-5-3-2-4-6-40/h2-6,8-13,31,33,35,37-38,44H,1,7,14-30,32H2,(H,56,65)(H2,53,54,55). The molecule has 17 nitrogen and oxygen atoms in total. The van der Waals surface area contributed by atoms with Gasteiger partial charge >= 0.3 is 6.03 Å². The number of ether oxygens (including phenoxy) is 1. The number of nitrogens with zero attached hydrogens (tertiary/aromatic N) is 10. The van der Waals surface area contributed by atoms with Crippen LogP contribution in [-0.4, -0.2) is 152 Å². The van der Waals surface area contributed by atoms with Crippen LogP contribution in [-0.2, 0) is 4.79 Å². The number of fused-ring (bicyclic) bond motifs is 2. The van der Waals surface area contributed by atoms with Crippen LogP contribution in [0, 0.1) is 5.92 Å². The number of nitrogens with two attached hydrogens (primary N) is 1. The Kier molecular flexibility index (Phi) is 12.2. The predicted octanol–water partition coefficient (Wildman–Crippen LogP) is 6.01. The maximum absolute atomic E-state index is 13.8. The zero-order chi connectivity index (χ0) is 47.2. The molecule has 1 atom stereocenters. The highest BCUT2D eigenvalue weighted by molar-refractivity contribution is 6.23. The number of carbonyl (C=O) groups excluding carboxylic acids is 4. The van der Waals surface area contributed by atoms with Crippen molar-refractivity contribution in [3.8, 4) is 22.8 Å². The summed E-state index contributed by atoms with van der Waals surface area (Å²) in [5.41, 5.74) is 11.2. The van der Waals surface area contributed by atoms with Crippen molar-refractivity contribution in [1.29, 1.82) is 0 Å².